The number of fused-ring (bicyclic) bond motifs is 1. The van der Waals surface area contributed by atoms with Gasteiger partial charge in [-0.2, -0.15) is 4.98 Å². The molecule has 4 nitrogen and oxygen atoms in total. The van der Waals surface area contributed by atoms with Crippen LogP contribution in [0.4, 0.5) is 17.4 Å². The van der Waals surface area contributed by atoms with E-state index in [2.05, 4.69) is 16.4 Å². The van der Waals surface area contributed by atoms with E-state index >= 15 is 0 Å². The maximum atomic E-state index is 5.85. The van der Waals surface area contributed by atoms with E-state index in [1.807, 2.05) is 42.7 Å². The Hall–Kier alpha value is -2.14. The summed E-state index contributed by atoms with van der Waals surface area (Å²) in [6.07, 6.45) is 2.04. The third-order valence-corrected chi connectivity index (χ3v) is 3.50. The average Bonchev–Trinajstić information content (AvgIpc) is 2.83. The SMILES string of the molecule is CSc1cccc(Nc2nc3c(N)cccc3o2)c1. The maximum Gasteiger partial charge on any atom is 0.300 e. The molecule has 3 rings (SSSR count). The van der Waals surface area contributed by atoms with Gasteiger partial charge in [-0.15, -0.1) is 11.8 Å². The molecule has 2 aromatic carbocycles. The number of oxazole rings is 1. The molecule has 0 aliphatic rings. The van der Waals surface area contributed by atoms with Crippen molar-refractivity contribution in [2.45, 2.75) is 4.90 Å². The monoisotopic (exact) mass is 271 g/mol. The van der Waals surface area contributed by atoms with Gasteiger partial charge in [0.1, 0.15) is 5.52 Å². The molecule has 0 amide bonds. The molecule has 3 aromatic rings. The fourth-order valence-electron chi connectivity index (χ4n) is 1.85. The van der Waals surface area contributed by atoms with Crippen molar-refractivity contribution in [2.24, 2.45) is 0 Å². The van der Waals surface area contributed by atoms with Crippen LogP contribution in [-0.4, -0.2) is 11.2 Å². The number of thioether (sulfide) groups is 1. The number of benzene rings is 2. The van der Waals surface area contributed by atoms with E-state index in [4.69, 9.17) is 10.2 Å². The lowest BCUT2D eigenvalue weighted by atomic mass is 10.3. The van der Waals surface area contributed by atoms with Crippen LogP contribution >= 0.6 is 11.8 Å². The molecule has 3 N–H and O–H groups in total. The van der Waals surface area contributed by atoms with Gasteiger partial charge in [0, 0.05) is 10.6 Å². The number of nitrogen functional groups attached to an aromatic ring is 1. The summed E-state index contributed by atoms with van der Waals surface area (Å²) >= 11 is 1.69. The normalized spacial score (nSPS) is 10.8. The van der Waals surface area contributed by atoms with Crippen molar-refractivity contribution in [1.82, 2.24) is 4.98 Å². The third kappa shape index (κ3) is 2.37. The Balaban J connectivity index is 1.94. The molecule has 0 saturated heterocycles. The summed E-state index contributed by atoms with van der Waals surface area (Å²) in [5, 5.41) is 3.15. The maximum absolute atomic E-state index is 5.85. The lowest BCUT2D eigenvalue weighted by molar-refractivity contribution is 0.623. The highest BCUT2D eigenvalue weighted by Crippen LogP contribution is 2.27. The van der Waals surface area contributed by atoms with Gasteiger partial charge in [-0.1, -0.05) is 12.1 Å². The molecular formula is C14H13N3OS. The zero-order valence-electron chi connectivity index (χ0n) is 10.4. The van der Waals surface area contributed by atoms with E-state index in [1.54, 1.807) is 11.8 Å². The third-order valence-electron chi connectivity index (χ3n) is 2.77. The second-order valence-electron chi connectivity index (χ2n) is 4.07. The molecule has 1 aromatic heterocycles. The van der Waals surface area contributed by atoms with Crippen molar-refractivity contribution in [3.05, 3.63) is 42.5 Å². The lowest BCUT2D eigenvalue weighted by Gasteiger charge is -2.02. The molecular weight excluding hydrogens is 258 g/mol. The summed E-state index contributed by atoms with van der Waals surface area (Å²) in [4.78, 5) is 5.53. The van der Waals surface area contributed by atoms with E-state index in [9.17, 15) is 0 Å². The van der Waals surface area contributed by atoms with Gasteiger partial charge in [-0.25, -0.2) is 0 Å². The number of rotatable bonds is 3. The second-order valence-corrected chi connectivity index (χ2v) is 4.95. The zero-order valence-corrected chi connectivity index (χ0v) is 11.2. The second kappa shape index (κ2) is 4.85. The van der Waals surface area contributed by atoms with Crippen LogP contribution in [0.1, 0.15) is 0 Å². The molecule has 0 saturated carbocycles. The first-order valence-corrected chi connectivity index (χ1v) is 7.05. The predicted molar refractivity (Wildman–Crippen MR) is 79.9 cm³/mol. The van der Waals surface area contributed by atoms with Crippen LogP contribution in [0.15, 0.2) is 51.8 Å². The molecule has 0 fully saturated rings. The number of nitrogens with one attached hydrogen (secondary N) is 1. The lowest BCUT2D eigenvalue weighted by Crippen LogP contribution is -1.90. The molecule has 19 heavy (non-hydrogen) atoms. The molecule has 96 valence electrons. The predicted octanol–water partition coefficient (Wildman–Crippen LogP) is 3.88. The standard InChI is InChI=1S/C14H13N3OS/c1-19-10-5-2-4-9(8-10)16-14-17-13-11(15)6-3-7-12(13)18-14/h2-8H,15H2,1H3,(H,16,17). The Morgan fingerprint density at radius 3 is 2.84 bits per heavy atom. The minimum absolute atomic E-state index is 0.450. The molecule has 5 heteroatoms. The number of nitrogens with two attached hydrogens (primary N) is 1. The van der Waals surface area contributed by atoms with Crippen LogP contribution in [0.3, 0.4) is 0 Å². The van der Waals surface area contributed by atoms with Crippen molar-refractivity contribution in [3.8, 4) is 0 Å². The Bertz CT molecular complexity index is 724. The van der Waals surface area contributed by atoms with Gasteiger partial charge in [0.25, 0.3) is 6.01 Å². The van der Waals surface area contributed by atoms with E-state index in [0.29, 0.717) is 22.8 Å². The molecule has 0 atom stereocenters. The quantitative estimate of drug-likeness (QED) is 0.559. The van der Waals surface area contributed by atoms with Crippen molar-refractivity contribution in [2.75, 3.05) is 17.3 Å². The van der Waals surface area contributed by atoms with Crippen LogP contribution in [0, 0.1) is 0 Å². The average molecular weight is 271 g/mol. The van der Waals surface area contributed by atoms with Crippen LogP contribution < -0.4 is 11.1 Å². The minimum atomic E-state index is 0.450. The van der Waals surface area contributed by atoms with Crippen LogP contribution in [0.2, 0.25) is 0 Å². The molecule has 0 aliphatic carbocycles. The fraction of sp³-hybridized carbons (Fsp3) is 0.0714. The Kier molecular flexibility index (Phi) is 3.05. The molecule has 1 heterocycles. The van der Waals surface area contributed by atoms with E-state index < -0.39 is 0 Å². The van der Waals surface area contributed by atoms with Gasteiger partial charge in [0.05, 0.1) is 5.69 Å². The van der Waals surface area contributed by atoms with Gasteiger partial charge in [0.15, 0.2) is 5.58 Å². The number of aromatic nitrogens is 1. The largest absolute Gasteiger partial charge is 0.423 e. The summed E-state index contributed by atoms with van der Waals surface area (Å²) in [5.41, 5.74) is 8.78. The number of nitrogens with zero attached hydrogens (tertiary/aromatic N) is 1. The summed E-state index contributed by atoms with van der Waals surface area (Å²) < 4.78 is 5.62. The molecule has 0 spiro atoms. The van der Waals surface area contributed by atoms with Crippen molar-refractivity contribution < 1.29 is 4.42 Å². The molecule has 0 radical (unpaired) electrons. The fourth-order valence-corrected chi connectivity index (χ4v) is 2.31. The van der Waals surface area contributed by atoms with E-state index in [-0.39, 0.29) is 0 Å². The van der Waals surface area contributed by atoms with E-state index in [1.165, 1.54) is 4.90 Å². The Morgan fingerprint density at radius 2 is 2.05 bits per heavy atom. The zero-order chi connectivity index (χ0) is 13.2. The first-order chi connectivity index (χ1) is 9.26. The highest BCUT2D eigenvalue weighted by Gasteiger charge is 2.08. The number of anilines is 3. The van der Waals surface area contributed by atoms with Crippen molar-refractivity contribution >= 4 is 40.3 Å². The number of hydrogen-bond acceptors (Lipinski definition) is 5. The summed E-state index contributed by atoms with van der Waals surface area (Å²) in [7, 11) is 0. The van der Waals surface area contributed by atoms with Gasteiger partial charge in [-0.3, -0.25) is 0 Å². The first-order valence-electron chi connectivity index (χ1n) is 5.82. The highest BCUT2D eigenvalue weighted by molar-refractivity contribution is 7.98. The van der Waals surface area contributed by atoms with Crippen LogP contribution in [0.25, 0.3) is 11.1 Å². The highest BCUT2D eigenvalue weighted by atomic mass is 32.2. The molecule has 0 unspecified atom stereocenters. The van der Waals surface area contributed by atoms with Crippen molar-refractivity contribution in [1.29, 1.82) is 0 Å². The van der Waals surface area contributed by atoms with Crippen LogP contribution in [-0.2, 0) is 0 Å². The van der Waals surface area contributed by atoms with E-state index in [0.717, 1.165) is 5.69 Å². The summed E-state index contributed by atoms with van der Waals surface area (Å²) in [6, 6.07) is 14.0. The smallest absolute Gasteiger partial charge is 0.300 e. The van der Waals surface area contributed by atoms with Crippen molar-refractivity contribution in [3.63, 3.8) is 0 Å². The van der Waals surface area contributed by atoms with Gasteiger partial charge in [-0.05, 0) is 36.6 Å². The molecule has 0 bridgehead atoms. The summed E-state index contributed by atoms with van der Waals surface area (Å²) in [5.74, 6) is 0. The number of hydrogen-bond donors (Lipinski definition) is 2. The Labute approximate surface area is 115 Å². The summed E-state index contributed by atoms with van der Waals surface area (Å²) in [6.45, 7) is 0. The first kappa shape index (κ1) is 11.9. The minimum Gasteiger partial charge on any atom is -0.423 e. The number of para-hydroxylation sites is 1. The van der Waals surface area contributed by atoms with Gasteiger partial charge >= 0.3 is 0 Å². The topological polar surface area (TPSA) is 64.1 Å². The van der Waals surface area contributed by atoms with Crippen LogP contribution in [0.5, 0.6) is 0 Å². The Morgan fingerprint density at radius 1 is 1.21 bits per heavy atom. The van der Waals surface area contributed by atoms with Gasteiger partial charge < -0.3 is 15.5 Å². The molecule has 0 aliphatic heterocycles. The van der Waals surface area contributed by atoms with Gasteiger partial charge in [0.2, 0.25) is 0 Å².